The quantitative estimate of drug-likeness (QED) is 0.0489. The van der Waals surface area contributed by atoms with Crippen LogP contribution >= 0.6 is 0 Å². The lowest BCUT2D eigenvalue weighted by Gasteiger charge is -2.32. The van der Waals surface area contributed by atoms with Crippen molar-refractivity contribution in [1.82, 2.24) is 10.2 Å². The van der Waals surface area contributed by atoms with Gasteiger partial charge in [0, 0.05) is 30.1 Å². The fourth-order valence-corrected chi connectivity index (χ4v) is 7.03. The molecule has 0 aromatic heterocycles. The molecule has 0 amide bonds. The molecule has 0 spiro atoms. The van der Waals surface area contributed by atoms with Crippen LogP contribution in [0.1, 0.15) is 80.4 Å². The standard InChI is InChI=1S/C41H55N3O6S/c1-29(2)44(30(3)4)24-22-36(33-11-7-6-8-12-33)37-26-32(15-19-39(37)45)10-9-25-50-35-17-13-31(14-18-35)21-23-42-28-41(47)34-16-20-40(46)38(27-34)43-51(5,48)49/h6-8,11-20,26-27,29-30,36,41-43,45-47H,9-10,21-25,28H2,1-5H3. The molecule has 9 nitrogen and oxygen atoms in total. The maximum Gasteiger partial charge on any atom is 0.229 e. The average molecular weight is 718 g/mol. The smallest absolute Gasteiger partial charge is 0.229 e. The van der Waals surface area contributed by atoms with Gasteiger partial charge in [0.15, 0.2) is 0 Å². The van der Waals surface area contributed by atoms with E-state index in [2.05, 4.69) is 73.0 Å². The molecule has 4 rings (SSSR count). The monoisotopic (exact) mass is 717 g/mol. The molecule has 10 heteroatoms. The summed E-state index contributed by atoms with van der Waals surface area (Å²) in [6.45, 7) is 11.4. The summed E-state index contributed by atoms with van der Waals surface area (Å²) in [5, 5.41) is 34.7. The first-order chi connectivity index (χ1) is 24.3. The van der Waals surface area contributed by atoms with E-state index in [1.165, 1.54) is 23.3 Å². The lowest BCUT2D eigenvalue weighted by Crippen LogP contribution is -2.38. The van der Waals surface area contributed by atoms with Gasteiger partial charge in [0.05, 0.1) is 24.7 Å². The number of hydrogen-bond acceptors (Lipinski definition) is 8. The number of benzene rings is 4. The third kappa shape index (κ3) is 12.6. The molecular weight excluding hydrogens is 663 g/mol. The number of nitrogens with one attached hydrogen (secondary N) is 2. The Morgan fingerprint density at radius 2 is 1.45 bits per heavy atom. The highest BCUT2D eigenvalue weighted by atomic mass is 32.2. The van der Waals surface area contributed by atoms with Crippen molar-refractivity contribution >= 4 is 15.7 Å². The number of phenols is 2. The van der Waals surface area contributed by atoms with Crippen molar-refractivity contribution in [2.24, 2.45) is 0 Å². The molecule has 0 bridgehead atoms. The van der Waals surface area contributed by atoms with Gasteiger partial charge in [0.1, 0.15) is 17.2 Å². The lowest BCUT2D eigenvalue weighted by molar-refractivity contribution is 0.170. The third-order valence-corrected chi connectivity index (χ3v) is 9.69. The summed E-state index contributed by atoms with van der Waals surface area (Å²) in [6.07, 6.45) is 3.49. The van der Waals surface area contributed by atoms with Crippen LogP contribution in [0, 0.1) is 0 Å². The molecular formula is C41H55N3O6S. The normalized spacial score (nSPS) is 13.1. The van der Waals surface area contributed by atoms with E-state index in [1.807, 2.05) is 42.5 Å². The van der Waals surface area contributed by atoms with Crippen LogP contribution in [0.3, 0.4) is 0 Å². The molecule has 0 heterocycles. The van der Waals surface area contributed by atoms with Crippen molar-refractivity contribution in [3.63, 3.8) is 0 Å². The summed E-state index contributed by atoms with van der Waals surface area (Å²) in [6, 6.07) is 29.8. The predicted octanol–water partition coefficient (Wildman–Crippen LogP) is 6.99. The number of aliphatic hydroxyl groups is 1. The average Bonchev–Trinajstić information content (AvgIpc) is 3.09. The zero-order valence-corrected chi connectivity index (χ0v) is 31.4. The molecule has 0 aliphatic carbocycles. The Kier molecular flexibility index (Phi) is 14.7. The van der Waals surface area contributed by atoms with E-state index in [0.717, 1.165) is 55.4 Å². The zero-order valence-electron chi connectivity index (χ0n) is 30.5. The Bertz CT molecular complexity index is 1760. The molecule has 5 N–H and O–H groups in total. The van der Waals surface area contributed by atoms with Crippen molar-refractivity contribution < 1.29 is 28.5 Å². The molecule has 2 unspecified atom stereocenters. The van der Waals surface area contributed by atoms with Gasteiger partial charge in [0.25, 0.3) is 0 Å². The van der Waals surface area contributed by atoms with Gasteiger partial charge in [-0.15, -0.1) is 0 Å². The lowest BCUT2D eigenvalue weighted by atomic mass is 9.86. The predicted molar refractivity (Wildman–Crippen MR) is 206 cm³/mol. The first-order valence-electron chi connectivity index (χ1n) is 17.8. The third-order valence-electron chi connectivity index (χ3n) is 9.10. The van der Waals surface area contributed by atoms with E-state index in [9.17, 15) is 23.7 Å². The van der Waals surface area contributed by atoms with Gasteiger partial charge in [-0.1, -0.05) is 60.7 Å². The van der Waals surface area contributed by atoms with E-state index < -0.39 is 16.1 Å². The summed E-state index contributed by atoms with van der Waals surface area (Å²) in [7, 11) is -3.56. The Labute approximate surface area is 304 Å². The minimum absolute atomic E-state index is 0.0316. The SMILES string of the molecule is CC(C)N(CCC(c1ccccc1)c1cc(CCCOc2ccc(CCNCC(O)c3ccc(O)c(NS(C)(=O)=O)c3)cc2)ccc1O)C(C)C. The zero-order chi connectivity index (χ0) is 37.0. The first kappa shape index (κ1) is 39.7. The van der Waals surface area contributed by atoms with Crippen molar-refractivity contribution in [3.05, 3.63) is 119 Å². The number of ether oxygens (including phenoxy) is 1. The van der Waals surface area contributed by atoms with Gasteiger partial charge in [-0.05, 0) is 119 Å². The van der Waals surface area contributed by atoms with Gasteiger partial charge in [0.2, 0.25) is 10.0 Å². The molecule has 0 aliphatic heterocycles. The van der Waals surface area contributed by atoms with E-state index in [0.29, 0.717) is 36.5 Å². The molecule has 0 aliphatic rings. The van der Waals surface area contributed by atoms with Crippen LogP contribution in [-0.4, -0.2) is 73.2 Å². The van der Waals surface area contributed by atoms with Gasteiger partial charge < -0.3 is 25.4 Å². The van der Waals surface area contributed by atoms with E-state index in [1.54, 1.807) is 6.07 Å². The van der Waals surface area contributed by atoms with E-state index >= 15 is 0 Å². The second-order valence-corrected chi connectivity index (χ2v) is 15.5. The highest BCUT2D eigenvalue weighted by Crippen LogP contribution is 2.35. The Morgan fingerprint density at radius 1 is 0.784 bits per heavy atom. The molecule has 2 atom stereocenters. The molecule has 0 saturated heterocycles. The van der Waals surface area contributed by atoms with Crippen molar-refractivity contribution in [3.8, 4) is 17.2 Å². The Balaban J connectivity index is 1.24. The highest BCUT2D eigenvalue weighted by Gasteiger charge is 2.22. The van der Waals surface area contributed by atoms with Crippen molar-refractivity contribution in [2.45, 2.75) is 77.5 Å². The van der Waals surface area contributed by atoms with Crippen LogP contribution in [-0.2, 0) is 22.9 Å². The Hall–Kier alpha value is -4.09. The van der Waals surface area contributed by atoms with Crippen LogP contribution < -0.4 is 14.8 Å². The molecule has 0 saturated carbocycles. The maximum absolute atomic E-state index is 11.5. The molecule has 4 aromatic rings. The number of anilines is 1. The van der Waals surface area contributed by atoms with Gasteiger partial charge >= 0.3 is 0 Å². The van der Waals surface area contributed by atoms with Gasteiger partial charge in [-0.3, -0.25) is 9.62 Å². The van der Waals surface area contributed by atoms with Gasteiger partial charge in [-0.2, -0.15) is 0 Å². The number of hydrogen-bond donors (Lipinski definition) is 5. The van der Waals surface area contributed by atoms with Crippen LogP contribution in [0.4, 0.5) is 5.69 Å². The molecule has 0 radical (unpaired) electrons. The largest absolute Gasteiger partial charge is 0.508 e. The maximum atomic E-state index is 11.5. The van der Waals surface area contributed by atoms with Crippen LogP contribution in [0.15, 0.2) is 91.0 Å². The summed E-state index contributed by atoms with van der Waals surface area (Å²) in [4.78, 5) is 2.50. The molecule has 276 valence electrons. The number of phenolic OH excluding ortho intramolecular Hbond substituents is 2. The number of nitrogens with zero attached hydrogens (tertiary/aromatic N) is 1. The summed E-state index contributed by atoms with van der Waals surface area (Å²) in [5.74, 6) is 1.04. The fraction of sp³-hybridized carbons (Fsp3) is 0.415. The second-order valence-electron chi connectivity index (χ2n) is 13.8. The number of aromatic hydroxyl groups is 2. The number of sulfonamides is 1. The summed E-state index contributed by atoms with van der Waals surface area (Å²) < 4.78 is 31.4. The first-order valence-corrected chi connectivity index (χ1v) is 19.7. The Morgan fingerprint density at radius 3 is 2.12 bits per heavy atom. The van der Waals surface area contributed by atoms with Crippen LogP contribution in [0.25, 0.3) is 0 Å². The summed E-state index contributed by atoms with van der Waals surface area (Å²) >= 11 is 0. The fourth-order valence-electron chi connectivity index (χ4n) is 6.47. The highest BCUT2D eigenvalue weighted by molar-refractivity contribution is 7.92. The topological polar surface area (TPSA) is 131 Å². The summed E-state index contributed by atoms with van der Waals surface area (Å²) in [5.41, 5.74) is 5.02. The molecule has 51 heavy (non-hydrogen) atoms. The van der Waals surface area contributed by atoms with Crippen LogP contribution in [0.5, 0.6) is 17.2 Å². The number of rotatable bonds is 20. The minimum Gasteiger partial charge on any atom is -0.508 e. The molecule has 4 aromatic carbocycles. The number of aryl methyl sites for hydroxylation is 1. The van der Waals surface area contributed by atoms with E-state index in [4.69, 9.17) is 4.74 Å². The van der Waals surface area contributed by atoms with Crippen molar-refractivity contribution in [2.75, 3.05) is 37.2 Å². The number of aliphatic hydroxyl groups excluding tert-OH is 1. The van der Waals surface area contributed by atoms with Crippen LogP contribution in [0.2, 0.25) is 0 Å². The minimum atomic E-state index is -3.56. The van der Waals surface area contributed by atoms with Crippen molar-refractivity contribution in [1.29, 1.82) is 0 Å². The van der Waals surface area contributed by atoms with E-state index in [-0.39, 0.29) is 23.9 Å². The second kappa shape index (κ2) is 18.9. The van der Waals surface area contributed by atoms with Gasteiger partial charge in [-0.25, -0.2) is 8.42 Å². The molecule has 0 fully saturated rings.